The first-order valence-corrected chi connectivity index (χ1v) is 8.93. The number of benzene rings is 2. The zero-order valence-electron chi connectivity index (χ0n) is 12.8. The minimum absolute atomic E-state index is 0.0873. The summed E-state index contributed by atoms with van der Waals surface area (Å²) in [7, 11) is 0. The summed E-state index contributed by atoms with van der Waals surface area (Å²) in [6.07, 6.45) is 1.79. The molecule has 0 spiro atoms. The van der Waals surface area contributed by atoms with Gasteiger partial charge < -0.3 is 9.30 Å². The van der Waals surface area contributed by atoms with Gasteiger partial charge in [-0.3, -0.25) is 4.79 Å². The van der Waals surface area contributed by atoms with Crippen LogP contribution in [0.4, 0.5) is 0 Å². The molecule has 0 saturated heterocycles. The minimum atomic E-state index is -0.317. The molecule has 24 heavy (non-hydrogen) atoms. The van der Waals surface area contributed by atoms with Gasteiger partial charge in [0, 0.05) is 11.0 Å². The molecule has 4 nitrogen and oxygen atoms in total. The van der Waals surface area contributed by atoms with Crippen molar-refractivity contribution in [3.8, 4) is 5.75 Å². The molecule has 6 heteroatoms. The second kappa shape index (κ2) is 7.59. The lowest BCUT2D eigenvalue weighted by molar-refractivity contribution is -0.120. The fourth-order valence-electron chi connectivity index (χ4n) is 2.24. The van der Waals surface area contributed by atoms with Gasteiger partial charge in [-0.2, -0.15) is 4.99 Å². The van der Waals surface area contributed by atoms with Crippen LogP contribution in [0.2, 0.25) is 0 Å². The average Bonchev–Trinajstić information content (AvgIpc) is 2.91. The van der Waals surface area contributed by atoms with Crippen LogP contribution in [0.5, 0.6) is 5.75 Å². The van der Waals surface area contributed by atoms with E-state index in [4.69, 9.17) is 4.74 Å². The lowest BCUT2D eigenvalue weighted by atomic mass is 10.3. The molecule has 0 N–H and O–H groups in total. The highest BCUT2D eigenvalue weighted by Crippen LogP contribution is 2.22. The molecule has 122 valence electrons. The average molecular weight is 403 g/mol. The fraction of sp³-hybridized carbons (Fsp3) is 0.111. The van der Waals surface area contributed by atoms with Gasteiger partial charge in [-0.25, -0.2) is 0 Å². The van der Waals surface area contributed by atoms with Gasteiger partial charge in [-0.15, -0.1) is 6.58 Å². The number of para-hydroxylation sites is 1. The molecular formula is C18H15BrN2O2S. The lowest BCUT2D eigenvalue weighted by Crippen LogP contribution is -2.19. The molecule has 0 saturated carbocycles. The van der Waals surface area contributed by atoms with Gasteiger partial charge in [0.25, 0.3) is 5.91 Å². The standard InChI is InChI=1S/C18H15BrN2O2S/c1-2-10-21-15-9-8-13(19)11-16(15)24-18(21)20-17(22)12-23-14-6-4-3-5-7-14/h2-9,11H,1,10,12H2. The molecule has 1 heterocycles. The van der Waals surface area contributed by atoms with Crippen LogP contribution < -0.4 is 9.54 Å². The largest absolute Gasteiger partial charge is 0.484 e. The number of hydrogen-bond donors (Lipinski definition) is 0. The summed E-state index contributed by atoms with van der Waals surface area (Å²) < 4.78 is 9.48. The molecular weight excluding hydrogens is 388 g/mol. The van der Waals surface area contributed by atoms with E-state index >= 15 is 0 Å². The zero-order chi connectivity index (χ0) is 16.9. The first-order valence-electron chi connectivity index (χ1n) is 7.32. The fourth-order valence-corrected chi connectivity index (χ4v) is 3.85. The first-order chi connectivity index (χ1) is 11.7. The maximum Gasteiger partial charge on any atom is 0.286 e. The molecule has 3 aromatic rings. The third-order valence-electron chi connectivity index (χ3n) is 3.28. The van der Waals surface area contributed by atoms with Crippen LogP contribution in [0.3, 0.4) is 0 Å². The molecule has 0 unspecified atom stereocenters. The van der Waals surface area contributed by atoms with Gasteiger partial charge in [0.1, 0.15) is 5.75 Å². The summed E-state index contributed by atoms with van der Waals surface area (Å²) >= 11 is 4.94. The summed E-state index contributed by atoms with van der Waals surface area (Å²) in [6, 6.07) is 15.2. The third-order valence-corrected chi connectivity index (χ3v) is 4.82. The van der Waals surface area contributed by atoms with E-state index in [1.54, 1.807) is 6.08 Å². The number of aromatic nitrogens is 1. The smallest absolute Gasteiger partial charge is 0.286 e. The highest BCUT2D eigenvalue weighted by Gasteiger charge is 2.08. The molecule has 2 aromatic carbocycles. The molecule has 0 bridgehead atoms. The number of allylic oxidation sites excluding steroid dienone is 1. The quantitative estimate of drug-likeness (QED) is 0.601. The van der Waals surface area contributed by atoms with Crippen LogP contribution >= 0.6 is 27.3 Å². The number of amides is 1. The van der Waals surface area contributed by atoms with Gasteiger partial charge in [-0.05, 0) is 30.3 Å². The van der Waals surface area contributed by atoms with E-state index in [1.807, 2.05) is 53.1 Å². The number of rotatable bonds is 5. The lowest BCUT2D eigenvalue weighted by Gasteiger charge is -2.03. The van der Waals surface area contributed by atoms with E-state index in [2.05, 4.69) is 27.5 Å². The Labute approximate surface area is 151 Å². The van der Waals surface area contributed by atoms with Crippen LogP contribution in [-0.2, 0) is 11.3 Å². The third kappa shape index (κ3) is 3.83. The van der Waals surface area contributed by atoms with Gasteiger partial charge in [0.05, 0.1) is 10.2 Å². The molecule has 0 fully saturated rings. The Morgan fingerprint density at radius 3 is 2.83 bits per heavy atom. The second-order valence-electron chi connectivity index (χ2n) is 5.00. The summed E-state index contributed by atoms with van der Waals surface area (Å²) in [5.41, 5.74) is 1.03. The van der Waals surface area contributed by atoms with E-state index in [1.165, 1.54) is 11.3 Å². The number of halogens is 1. The highest BCUT2D eigenvalue weighted by molar-refractivity contribution is 9.10. The van der Waals surface area contributed by atoms with E-state index in [0.29, 0.717) is 17.1 Å². The van der Waals surface area contributed by atoms with Crippen LogP contribution in [0.25, 0.3) is 10.2 Å². The van der Waals surface area contributed by atoms with E-state index < -0.39 is 0 Å². The molecule has 0 aliphatic rings. The normalized spacial score (nSPS) is 11.6. The van der Waals surface area contributed by atoms with Crippen molar-refractivity contribution in [2.24, 2.45) is 4.99 Å². The van der Waals surface area contributed by atoms with E-state index in [9.17, 15) is 4.79 Å². The van der Waals surface area contributed by atoms with Crippen molar-refractivity contribution in [3.63, 3.8) is 0 Å². The summed E-state index contributed by atoms with van der Waals surface area (Å²) in [5, 5.41) is 0. The van der Waals surface area contributed by atoms with E-state index in [-0.39, 0.29) is 12.5 Å². The first kappa shape index (κ1) is 16.7. The Kier molecular flexibility index (Phi) is 5.27. The van der Waals surface area contributed by atoms with Crippen LogP contribution in [-0.4, -0.2) is 17.1 Å². The maximum absolute atomic E-state index is 12.2. The Hall–Kier alpha value is -2.18. The van der Waals surface area contributed by atoms with Gasteiger partial charge >= 0.3 is 0 Å². The molecule has 1 aromatic heterocycles. The number of fused-ring (bicyclic) bond motifs is 1. The van der Waals surface area contributed by atoms with Crippen LogP contribution in [0.15, 0.2) is 70.7 Å². The predicted octanol–water partition coefficient (Wildman–Crippen LogP) is 4.16. The topological polar surface area (TPSA) is 43.6 Å². The Morgan fingerprint density at radius 1 is 1.29 bits per heavy atom. The number of carbonyl (C=O) groups is 1. The molecule has 0 aliphatic heterocycles. The van der Waals surface area contributed by atoms with Crippen LogP contribution in [0.1, 0.15) is 0 Å². The van der Waals surface area contributed by atoms with Crippen molar-refractivity contribution in [2.45, 2.75) is 6.54 Å². The van der Waals surface area contributed by atoms with Gasteiger partial charge in [0.15, 0.2) is 11.4 Å². The SMILES string of the molecule is C=CCn1c(=NC(=O)COc2ccccc2)sc2cc(Br)ccc21. The highest BCUT2D eigenvalue weighted by atomic mass is 79.9. The number of nitrogens with zero attached hydrogens (tertiary/aromatic N) is 2. The van der Waals surface area contributed by atoms with Crippen molar-refractivity contribution in [2.75, 3.05) is 6.61 Å². The summed E-state index contributed by atoms with van der Waals surface area (Å²) in [5.74, 6) is 0.336. The second-order valence-corrected chi connectivity index (χ2v) is 6.93. The van der Waals surface area contributed by atoms with Crippen LogP contribution in [0, 0.1) is 0 Å². The maximum atomic E-state index is 12.2. The Bertz CT molecular complexity index is 945. The molecule has 3 rings (SSSR count). The molecule has 0 radical (unpaired) electrons. The van der Waals surface area contributed by atoms with Crippen molar-refractivity contribution < 1.29 is 9.53 Å². The number of ether oxygens (including phenoxy) is 1. The predicted molar refractivity (Wildman–Crippen MR) is 100 cm³/mol. The van der Waals surface area contributed by atoms with E-state index in [0.717, 1.165) is 14.7 Å². The minimum Gasteiger partial charge on any atom is -0.484 e. The van der Waals surface area contributed by atoms with Crippen molar-refractivity contribution in [1.82, 2.24) is 4.57 Å². The van der Waals surface area contributed by atoms with Crippen molar-refractivity contribution in [3.05, 3.63) is 70.5 Å². The molecule has 0 aliphatic carbocycles. The van der Waals surface area contributed by atoms with Crippen molar-refractivity contribution >= 4 is 43.4 Å². The monoisotopic (exact) mass is 402 g/mol. The van der Waals surface area contributed by atoms with Gasteiger partial charge in [0.2, 0.25) is 0 Å². The Balaban J connectivity index is 1.89. The van der Waals surface area contributed by atoms with Gasteiger partial charge in [-0.1, -0.05) is 51.5 Å². The Morgan fingerprint density at radius 2 is 2.08 bits per heavy atom. The molecule has 1 amide bonds. The summed E-state index contributed by atoms with van der Waals surface area (Å²) in [6.45, 7) is 4.28. The summed E-state index contributed by atoms with van der Waals surface area (Å²) in [4.78, 5) is 17.0. The van der Waals surface area contributed by atoms with Crippen molar-refractivity contribution in [1.29, 1.82) is 0 Å². The number of carbonyl (C=O) groups excluding carboxylic acids is 1. The number of thiazole rings is 1. The zero-order valence-corrected chi connectivity index (χ0v) is 15.2. The number of hydrogen-bond acceptors (Lipinski definition) is 3. The molecule has 0 atom stereocenters.